The molecule has 0 aliphatic carbocycles. The fourth-order valence-corrected chi connectivity index (χ4v) is 2.09. The summed E-state index contributed by atoms with van der Waals surface area (Å²) in [7, 11) is 1.67. The predicted molar refractivity (Wildman–Crippen MR) is 74.5 cm³/mol. The minimum Gasteiger partial charge on any atom is -0.444 e. The first-order valence-electron chi connectivity index (χ1n) is 6.49. The number of hydrogen-bond donors (Lipinski definition) is 1. The standard InChI is InChI=1S/C14H19N3O3/c1-14(2,3)20-13(19)16-10-8-9-11(6-5-7-15-9)17(4)12(10)18/h5-7,10H,8H2,1-4H3,(H,16,19). The monoisotopic (exact) mass is 277 g/mol. The van der Waals surface area contributed by atoms with Gasteiger partial charge in [-0.3, -0.25) is 9.78 Å². The van der Waals surface area contributed by atoms with Crippen LogP contribution in [0.1, 0.15) is 26.5 Å². The zero-order chi connectivity index (χ0) is 14.9. The van der Waals surface area contributed by atoms with E-state index >= 15 is 0 Å². The number of nitrogens with zero attached hydrogens (tertiary/aromatic N) is 2. The Labute approximate surface area is 118 Å². The minimum atomic E-state index is -0.641. The molecule has 1 atom stereocenters. The fraction of sp³-hybridized carbons (Fsp3) is 0.500. The van der Waals surface area contributed by atoms with Crippen molar-refractivity contribution in [2.75, 3.05) is 11.9 Å². The van der Waals surface area contributed by atoms with E-state index in [1.807, 2.05) is 6.07 Å². The van der Waals surface area contributed by atoms with Crippen LogP contribution in [0.25, 0.3) is 0 Å². The number of pyridine rings is 1. The van der Waals surface area contributed by atoms with Crippen LogP contribution < -0.4 is 10.2 Å². The number of carbonyl (C=O) groups is 2. The first-order chi connectivity index (χ1) is 9.28. The lowest BCUT2D eigenvalue weighted by molar-refractivity contribution is -0.120. The maximum atomic E-state index is 12.2. The number of carbonyl (C=O) groups excluding carboxylic acids is 2. The molecule has 2 amide bonds. The van der Waals surface area contributed by atoms with Gasteiger partial charge in [-0.1, -0.05) is 0 Å². The highest BCUT2D eigenvalue weighted by Gasteiger charge is 2.33. The van der Waals surface area contributed by atoms with Crippen LogP contribution in [0.3, 0.4) is 0 Å². The molecule has 108 valence electrons. The first-order valence-corrected chi connectivity index (χ1v) is 6.49. The van der Waals surface area contributed by atoms with E-state index in [1.165, 1.54) is 4.90 Å². The van der Waals surface area contributed by atoms with Gasteiger partial charge in [-0.2, -0.15) is 0 Å². The van der Waals surface area contributed by atoms with Gasteiger partial charge < -0.3 is 15.0 Å². The number of anilines is 1. The Balaban J connectivity index is 2.12. The highest BCUT2D eigenvalue weighted by Crippen LogP contribution is 2.24. The molecule has 1 N–H and O–H groups in total. The van der Waals surface area contributed by atoms with E-state index in [0.717, 1.165) is 11.4 Å². The van der Waals surface area contributed by atoms with Gasteiger partial charge in [0.2, 0.25) is 5.91 Å². The summed E-state index contributed by atoms with van der Waals surface area (Å²) in [5.74, 6) is -0.170. The number of hydrogen-bond acceptors (Lipinski definition) is 4. The zero-order valence-electron chi connectivity index (χ0n) is 12.1. The number of amides is 2. The van der Waals surface area contributed by atoms with E-state index in [2.05, 4.69) is 10.3 Å². The molecule has 1 aromatic rings. The highest BCUT2D eigenvalue weighted by molar-refractivity contribution is 6.00. The lowest BCUT2D eigenvalue weighted by Crippen LogP contribution is -2.52. The lowest BCUT2D eigenvalue weighted by Gasteiger charge is -2.31. The molecule has 1 aliphatic rings. The molecule has 20 heavy (non-hydrogen) atoms. The Morgan fingerprint density at radius 2 is 2.20 bits per heavy atom. The number of aromatic nitrogens is 1. The average Bonchev–Trinajstić information content (AvgIpc) is 2.33. The fourth-order valence-electron chi connectivity index (χ4n) is 2.09. The van der Waals surface area contributed by atoms with Gasteiger partial charge in [0.05, 0.1) is 11.4 Å². The van der Waals surface area contributed by atoms with Gasteiger partial charge in [0.25, 0.3) is 0 Å². The summed E-state index contributed by atoms with van der Waals surface area (Å²) in [6.07, 6.45) is 1.45. The third-order valence-corrected chi connectivity index (χ3v) is 2.94. The molecule has 6 nitrogen and oxygen atoms in total. The van der Waals surface area contributed by atoms with E-state index in [-0.39, 0.29) is 5.91 Å². The largest absolute Gasteiger partial charge is 0.444 e. The summed E-state index contributed by atoms with van der Waals surface area (Å²) in [6.45, 7) is 5.33. The van der Waals surface area contributed by atoms with E-state index in [0.29, 0.717) is 6.42 Å². The van der Waals surface area contributed by atoms with Crippen molar-refractivity contribution < 1.29 is 14.3 Å². The van der Waals surface area contributed by atoms with Crippen LogP contribution in [0, 0.1) is 0 Å². The molecule has 0 saturated heterocycles. The number of rotatable bonds is 1. The molecular weight excluding hydrogens is 258 g/mol. The summed E-state index contributed by atoms with van der Waals surface area (Å²) in [5, 5.41) is 2.60. The number of alkyl carbamates (subject to hydrolysis) is 1. The second-order valence-electron chi connectivity index (χ2n) is 5.77. The molecule has 0 radical (unpaired) electrons. The van der Waals surface area contributed by atoms with E-state index in [4.69, 9.17) is 4.74 Å². The summed E-state index contributed by atoms with van der Waals surface area (Å²) < 4.78 is 5.17. The summed E-state index contributed by atoms with van der Waals surface area (Å²) in [5.41, 5.74) is 0.972. The summed E-state index contributed by atoms with van der Waals surface area (Å²) in [6, 6.07) is 2.98. The molecule has 2 rings (SSSR count). The van der Waals surface area contributed by atoms with Crippen LogP contribution in [-0.4, -0.2) is 35.7 Å². The van der Waals surface area contributed by atoms with Gasteiger partial charge in [0.1, 0.15) is 11.6 Å². The molecule has 0 fully saturated rings. The molecule has 1 aliphatic heterocycles. The number of fused-ring (bicyclic) bond motifs is 1. The van der Waals surface area contributed by atoms with Crippen LogP contribution in [-0.2, 0) is 16.0 Å². The average molecular weight is 277 g/mol. The summed E-state index contributed by atoms with van der Waals surface area (Å²) in [4.78, 5) is 29.7. The van der Waals surface area contributed by atoms with Gasteiger partial charge in [0, 0.05) is 19.7 Å². The van der Waals surface area contributed by atoms with Gasteiger partial charge >= 0.3 is 6.09 Å². The number of likely N-dealkylation sites (N-methyl/N-ethyl adjacent to an activating group) is 1. The van der Waals surface area contributed by atoms with E-state index in [9.17, 15) is 9.59 Å². The molecule has 1 unspecified atom stereocenters. The second-order valence-corrected chi connectivity index (χ2v) is 5.77. The van der Waals surface area contributed by atoms with Gasteiger partial charge in [-0.25, -0.2) is 4.79 Å². The third-order valence-electron chi connectivity index (χ3n) is 2.94. The van der Waals surface area contributed by atoms with Gasteiger partial charge in [0.15, 0.2) is 0 Å². The Morgan fingerprint density at radius 3 is 2.85 bits per heavy atom. The van der Waals surface area contributed by atoms with Crippen molar-refractivity contribution in [3.8, 4) is 0 Å². The third kappa shape index (κ3) is 3.07. The molecule has 2 heterocycles. The van der Waals surface area contributed by atoms with Crippen molar-refractivity contribution in [2.45, 2.75) is 38.8 Å². The van der Waals surface area contributed by atoms with Gasteiger partial charge in [-0.05, 0) is 32.9 Å². The Bertz CT molecular complexity index is 537. The van der Waals surface area contributed by atoms with Crippen molar-refractivity contribution in [3.05, 3.63) is 24.0 Å². The SMILES string of the molecule is CN1C(=O)C(NC(=O)OC(C)(C)C)Cc2ncccc21. The second kappa shape index (κ2) is 5.11. The molecule has 1 aromatic heterocycles. The van der Waals surface area contributed by atoms with Crippen LogP contribution in [0.2, 0.25) is 0 Å². The maximum absolute atomic E-state index is 12.2. The van der Waals surface area contributed by atoms with Gasteiger partial charge in [-0.15, -0.1) is 0 Å². The topological polar surface area (TPSA) is 71.5 Å². The first kappa shape index (κ1) is 14.3. The zero-order valence-corrected chi connectivity index (χ0v) is 12.1. The van der Waals surface area contributed by atoms with Crippen LogP contribution >= 0.6 is 0 Å². The van der Waals surface area contributed by atoms with E-state index < -0.39 is 17.7 Å². The van der Waals surface area contributed by atoms with Crippen LogP contribution in [0.15, 0.2) is 18.3 Å². The normalized spacial score (nSPS) is 18.5. The highest BCUT2D eigenvalue weighted by atomic mass is 16.6. The van der Waals surface area contributed by atoms with Crippen molar-refractivity contribution in [3.63, 3.8) is 0 Å². The molecule has 0 bridgehead atoms. The minimum absolute atomic E-state index is 0.170. The molecule has 0 aromatic carbocycles. The maximum Gasteiger partial charge on any atom is 0.408 e. The Kier molecular flexibility index (Phi) is 3.65. The van der Waals surface area contributed by atoms with Crippen molar-refractivity contribution in [1.82, 2.24) is 10.3 Å². The number of nitrogens with one attached hydrogen (secondary N) is 1. The Morgan fingerprint density at radius 1 is 1.50 bits per heavy atom. The smallest absolute Gasteiger partial charge is 0.408 e. The molecule has 6 heteroatoms. The van der Waals surface area contributed by atoms with Crippen molar-refractivity contribution in [2.24, 2.45) is 0 Å². The molecule has 0 saturated carbocycles. The van der Waals surface area contributed by atoms with Crippen molar-refractivity contribution in [1.29, 1.82) is 0 Å². The molecular formula is C14H19N3O3. The molecule has 0 spiro atoms. The summed E-state index contributed by atoms with van der Waals surface area (Å²) >= 11 is 0. The van der Waals surface area contributed by atoms with Crippen LogP contribution in [0.5, 0.6) is 0 Å². The quantitative estimate of drug-likeness (QED) is 0.844. The van der Waals surface area contributed by atoms with Crippen molar-refractivity contribution >= 4 is 17.7 Å². The van der Waals surface area contributed by atoms with E-state index in [1.54, 1.807) is 40.1 Å². The Hall–Kier alpha value is -2.11. The predicted octanol–water partition coefficient (Wildman–Crippen LogP) is 1.49. The lowest BCUT2D eigenvalue weighted by atomic mass is 10.0. The van der Waals surface area contributed by atoms with Crippen LogP contribution in [0.4, 0.5) is 10.5 Å². The number of ether oxygens (including phenoxy) is 1.